The molecule has 0 aromatic rings. The van der Waals surface area contributed by atoms with Crippen LogP contribution in [0.5, 0.6) is 0 Å². The zero-order valence-electron chi connectivity index (χ0n) is 5.73. The second kappa shape index (κ2) is 7.60. The van der Waals surface area contributed by atoms with E-state index in [1.54, 1.807) is 0 Å². The maximum absolute atomic E-state index is 4.12. The Morgan fingerprint density at radius 2 is 1.86 bits per heavy atom. The molecule has 0 fully saturated rings. The Kier molecular flexibility index (Phi) is 12.4. The third-order valence-electron chi connectivity index (χ3n) is 0.548. The predicted molar refractivity (Wildman–Crippen MR) is 29.0 cm³/mol. The Bertz CT molecular complexity index is 29.3. The summed E-state index contributed by atoms with van der Waals surface area (Å²) in [5.41, 5.74) is 0. The third-order valence-corrected chi connectivity index (χ3v) is 0.548. The van der Waals surface area contributed by atoms with E-state index in [4.69, 9.17) is 0 Å². The predicted octanol–water partition coefficient (Wildman–Crippen LogP) is -1.21. The van der Waals surface area contributed by atoms with Crippen molar-refractivity contribution < 1.29 is 51.4 Å². The fourth-order valence-corrected chi connectivity index (χ4v) is 0.365. The molecular formula is C5H12KN. The van der Waals surface area contributed by atoms with Crippen LogP contribution in [0.4, 0.5) is 0 Å². The summed E-state index contributed by atoms with van der Waals surface area (Å²) in [6.45, 7) is 7.19. The van der Waals surface area contributed by atoms with Crippen molar-refractivity contribution >= 4 is 0 Å². The van der Waals surface area contributed by atoms with Crippen LogP contribution in [0.3, 0.4) is 0 Å². The van der Waals surface area contributed by atoms with E-state index in [-0.39, 0.29) is 51.4 Å². The largest absolute Gasteiger partial charge is 1.00 e. The Morgan fingerprint density at radius 1 is 1.43 bits per heavy atom. The van der Waals surface area contributed by atoms with E-state index in [0.717, 1.165) is 6.54 Å². The Hall–Kier alpha value is 1.60. The molecule has 7 heavy (non-hydrogen) atoms. The van der Waals surface area contributed by atoms with Gasteiger partial charge in [0, 0.05) is 0 Å². The van der Waals surface area contributed by atoms with Crippen molar-refractivity contribution in [3.05, 3.63) is 5.32 Å². The van der Waals surface area contributed by atoms with Gasteiger partial charge in [0.2, 0.25) is 0 Å². The summed E-state index contributed by atoms with van der Waals surface area (Å²) in [5.74, 6) is 0. The standard InChI is InChI=1S/C5H12N.K/c1-4-6-5(2)3;/h5H,4H2,1-3H3;/q-1;+1. The number of nitrogens with zero attached hydrogens (tertiary/aromatic N) is 1. The fraction of sp³-hybridized carbons (Fsp3) is 1.00. The van der Waals surface area contributed by atoms with Crippen LogP contribution in [0.25, 0.3) is 5.32 Å². The maximum Gasteiger partial charge on any atom is 1.00 e. The fourth-order valence-electron chi connectivity index (χ4n) is 0.365. The molecule has 0 N–H and O–H groups in total. The molecule has 0 atom stereocenters. The number of hydrogen-bond donors (Lipinski definition) is 0. The molecule has 0 saturated heterocycles. The first-order valence-corrected chi connectivity index (χ1v) is 2.44. The smallest absolute Gasteiger partial charge is 0.660 e. The number of rotatable bonds is 2. The first kappa shape index (κ1) is 11.4. The Labute approximate surface area is 88.7 Å². The van der Waals surface area contributed by atoms with Gasteiger partial charge in [-0.2, -0.15) is 6.54 Å². The summed E-state index contributed by atoms with van der Waals surface area (Å²) in [6.07, 6.45) is 0. The van der Waals surface area contributed by atoms with Crippen molar-refractivity contribution in [3.8, 4) is 0 Å². The minimum absolute atomic E-state index is 0. The Morgan fingerprint density at radius 3 is 1.86 bits per heavy atom. The van der Waals surface area contributed by atoms with Gasteiger partial charge in [0.15, 0.2) is 0 Å². The molecule has 0 aromatic carbocycles. The normalized spacial score (nSPS) is 8.57. The average Bonchev–Trinajstić information content (AvgIpc) is 1.35. The first-order chi connectivity index (χ1) is 2.77. The van der Waals surface area contributed by atoms with Gasteiger partial charge in [-0.1, -0.05) is 20.8 Å². The van der Waals surface area contributed by atoms with E-state index >= 15 is 0 Å². The summed E-state index contributed by atoms with van der Waals surface area (Å²) in [5, 5.41) is 4.12. The molecular weight excluding hydrogens is 113 g/mol. The zero-order chi connectivity index (χ0) is 4.99. The average molecular weight is 125 g/mol. The summed E-state index contributed by atoms with van der Waals surface area (Å²) in [4.78, 5) is 0. The van der Waals surface area contributed by atoms with Crippen molar-refractivity contribution in [3.63, 3.8) is 0 Å². The summed E-state index contributed by atoms with van der Waals surface area (Å²) in [7, 11) is 0. The van der Waals surface area contributed by atoms with Crippen LogP contribution < -0.4 is 51.4 Å². The molecule has 0 radical (unpaired) electrons. The van der Waals surface area contributed by atoms with Gasteiger partial charge in [0.1, 0.15) is 0 Å². The van der Waals surface area contributed by atoms with E-state index in [2.05, 4.69) is 26.1 Å². The second-order valence-corrected chi connectivity index (χ2v) is 1.59. The SMILES string of the molecule is CC[N-]C(C)C.[K+]. The minimum Gasteiger partial charge on any atom is -0.660 e. The quantitative estimate of drug-likeness (QED) is 0.411. The summed E-state index contributed by atoms with van der Waals surface area (Å²) >= 11 is 0. The zero-order valence-corrected chi connectivity index (χ0v) is 8.85. The van der Waals surface area contributed by atoms with Crippen LogP contribution in [0.2, 0.25) is 0 Å². The van der Waals surface area contributed by atoms with Crippen LogP contribution in [-0.2, 0) is 0 Å². The van der Waals surface area contributed by atoms with Gasteiger partial charge in [0.25, 0.3) is 0 Å². The van der Waals surface area contributed by atoms with Gasteiger partial charge in [-0.05, 0) is 0 Å². The molecule has 0 heterocycles. The molecule has 0 bridgehead atoms. The molecule has 0 aliphatic carbocycles. The monoisotopic (exact) mass is 125 g/mol. The molecule has 0 spiro atoms. The molecule has 0 unspecified atom stereocenters. The number of hydrogen-bond acceptors (Lipinski definition) is 0. The van der Waals surface area contributed by atoms with E-state index in [1.807, 2.05) is 0 Å². The van der Waals surface area contributed by atoms with Crippen molar-refractivity contribution in [2.24, 2.45) is 0 Å². The van der Waals surface area contributed by atoms with Crippen LogP contribution >= 0.6 is 0 Å². The summed E-state index contributed by atoms with van der Waals surface area (Å²) < 4.78 is 0. The van der Waals surface area contributed by atoms with Crippen molar-refractivity contribution in [1.29, 1.82) is 0 Å². The topological polar surface area (TPSA) is 14.1 Å². The van der Waals surface area contributed by atoms with Gasteiger partial charge >= 0.3 is 51.4 Å². The van der Waals surface area contributed by atoms with Crippen molar-refractivity contribution in [2.75, 3.05) is 6.54 Å². The molecule has 0 aliphatic rings. The third kappa shape index (κ3) is 11.3. The van der Waals surface area contributed by atoms with Crippen molar-refractivity contribution in [1.82, 2.24) is 0 Å². The van der Waals surface area contributed by atoms with Gasteiger partial charge in [0.05, 0.1) is 0 Å². The van der Waals surface area contributed by atoms with E-state index in [9.17, 15) is 0 Å². The van der Waals surface area contributed by atoms with E-state index < -0.39 is 0 Å². The molecule has 0 aromatic heterocycles. The van der Waals surface area contributed by atoms with Crippen LogP contribution in [0.15, 0.2) is 0 Å². The van der Waals surface area contributed by atoms with Gasteiger partial charge in [-0.25, -0.2) is 0 Å². The first-order valence-electron chi connectivity index (χ1n) is 2.44. The summed E-state index contributed by atoms with van der Waals surface area (Å²) in [6, 6.07) is 0.523. The van der Waals surface area contributed by atoms with E-state index in [0.29, 0.717) is 6.04 Å². The van der Waals surface area contributed by atoms with E-state index in [1.165, 1.54) is 0 Å². The van der Waals surface area contributed by atoms with Gasteiger partial charge in [-0.3, -0.25) is 0 Å². The maximum atomic E-state index is 4.12. The van der Waals surface area contributed by atoms with Gasteiger partial charge in [-0.15, -0.1) is 6.04 Å². The van der Waals surface area contributed by atoms with Crippen LogP contribution in [0, 0.1) is 0 Å². The minimum atomic E-state index is 0. The van der Waals surface area contributed by atoms with Gasteiger partial charge < -0.3 is 5.32 Å². The van der Waals surface area contributed by atoms with Crippen LogP contribution in [-0.4, -0.2) is 12.6 Å². The second-order valence-electron chi connectivity index (χ2n) is 1.59. The molecule has 0 rings (SSSR count). The molecule has 38 valence electrons. The van der Waals surface area contributed by atoms with Crippen molar-refractivity contribution in [2.45, 2.75) is 26.8 Å². The molecule has 0 aliphatic heterocycles. The molecule has 0 amide bonds. The molecule has 2 heteroatoms. The molecule has 1 nitrogen and oxygen atoms in total. The Balaban J connectivity index is 0. The van der Waals surface area contributed by atoms with Crippen LogP contribution in [0.1, 0.15) is 20.8 Å². The molecule has 0 saturated carbocycles.